The van der Waals surface area contributed by atoms with Crippen LogP contribution in [0.15, 0.2) is 46.9 Å². The second-order valence-electron chi connectivity index (χ2n) is 4.46. The Labute approximate surface area is 138 Å². The summed E-state index contributed by atoms with van der Waals surface area (Å²) in [7, 11) is 1.66. The molecular formula is C16H17BrClNO2. The molecule has 0 radical (unpaired) electrons. The van der Waals surface area contributed by atoms with E-state index in [0.29, 0.717) is 19.8 Å². The van der Waals surface area contributed by atoms with Crippen molar-refractivity contribution in [2.24, 2.45) is 0 Å². The van der Waals surface area contributed by atoms with Crippen LogP contribution in [0, 0.1) is 0 Å². The Bertz CT molecular complexity index is 592. The fraction of sp³-hybridized carbons (Fsp3) is 0.250. The average Bonchev–Trinajstić information content (AvgIpc) is 2.47. The fourth-order valence-electron chi connectivity index (χ4n) is 1.80. The summed E-state index contributed by atoms with van der Waals surface area (Å²) in [5.74, 6) is 0.826. The fourth-order valence-corrected chi connectivity index (χ4v) is 2.62. The number of benzene rings is 2. The summed E-state index contributed by atoms with van der Waals surface area (Å²) in [5.41, 5.74) is 2.15. The Morgan fingerprint density at radius 1 is 1.14 bits per heavy atom. The normalized spacial score (nSPS) is 10.4. The lowest BCUT2D eigenvalue weighted by Gasteiger charge is -2.11. The molecule has 3 nitrogen and oxygen atoms in total. The van der Waals surface area contributed by atoms with E-state index in [2.05, 4.69) is 21.2 Å². The Balaban J connectivity index is 1.95. The average molecular weight is 371 g/mol. The van der Waals surface area contributed by atoms with Gasteiger partial charge in [-0.3, -0.25) is 0 Å². The van der Waals surface area contributed by atoms with E-state index in [1.165, 1.54) is 0 Å². The molecule has 0 fully saturated rings. The highest BCUT2D eigenvalue weighted by atomic mass is 79.9. The van der Waals surface area contributed by atoms with Crippen LogP contribution >= 0.6 is 27.5 Å². The van der Waals surface area contributed by atoms with Gasteiger partial charge in [-0.1, -0.05) is 39.7 Å². The second-order valence-corrected chi connectivity index (χ2v) is 5.75. The van der Waals surface area contributed by atoms with Gasteiger partial charge in [-0.25, -0.2) is 0 Å². The minimum Gasteiger partial charge on any atom is -0.491 e. The van der Waals surface area contributed by atoms with Crippen molar-refractivity contribution >= 4 is 33.2 Å². The number of hydrogen-bond acceptors (Lipinski definition) is 3. The molecule has 0 heterocycles. The van der Waals surface area contributed by atoms with Gasteiger partial charge in [0, 0.05) is 34.9 Å². The molecule has 0 bridgehead atoms. The molecule has 2 rings (SSSR count). The van der Waals surface area contributed by atoms with E-state index in [4.69, 9.17) is 21.1 Å². The molecule has 0 saturated heterocycles. The van der Waals surface area contributed by atoms with Gasteiger partial charge in [0.1, 0.15) is 12.4 Å². The standard InChI is InChI=1S/C16H17BrClNO2/c1-20-7-8-21-15-4-2-3-14(10-15)19-11-12-5-6-13(18)9-16(12)17/h2-6,9-10,19H,7-8,11H2,1H3. The first kappa shape index (κ1) is 16.1. The molecule has 0 aromatic heterocycles. The van der Waals surface area contributed by atoms with Crippen LogP contribution in [0.1, 0.15) is 5.56 Å². The van der Waals surface area contributed by atoms with Crippen LogP contribution < -0.4 is 10.1 Å². The summed E-state index contributed by atoms with van der Waals surface area (Å²) < 4.78 is 11.5. The summed E-state index contributed by atoms with van der Waals surface area (Å²) in [6.45, 7) is 1.83. The molecule has 0 amide bonds. The monoisotopic (exact) mass is 369 g/mol. The van der Waals surface area contributed by atoms with Crippen molar-refractivity contribution in [3.63, 3.8) is 0 Å². The molecule has 0 unspecified atom stereocenters. The largest absolute Gasteiger partial charge is 0.491 e. The second kappa shape index (κ2) is 8.27. The molecule has 0 atom stereocenters. The van der Waals surface area contributed by atoms with Crippen molar-refractivity contribution in [2.45, 2.75) is 6.54 Å². The van der Waals surface area contributed by atoms with Gasteiger partial charge in [0.25, 0.3) is 0 Å². The number of anilines is 1. The zero-order valence-electron chi connectivity index (χ0n) is 11.7. The highest BCUT2D eigenvalue weighted by molar-refractivity contribution is 9.10. The Morgan fingerprint density at radius 2 is 2.00 bits per heavy atom. The zero-order chi connectivity index (χ0) is 15.1. The van der Waals surface area contributed by atoms with Gasteiger partial charge in [-0.15, -0.1) is 0 Å². The van der Waals surface area contributed by atoms with Crippen LogP contribution in [0.3, 0.4) is 0 Å². The van der Waals surface area contributed by atoms with Crippen molar-refractivity contribution in [3.8, 4) is 5.75 Å². The third-order valence-electron chi connectivity index (χ3n) is 2.89. The quantitative estimate of drug-likeness (QED) is 0.714. The third-order valence-corrected chi connectivity index (χ3v) is 3.86. The highest BCUT2D eigenvalue weighted by Crippen LogP contribution is 2.23. The topological polar surface area (TPSA) is 30.5 Å². The van der Waals surface area contributed by atoms with Crippen LogP contribution in [0.2, 0.25) is 5.02 Å². The Kier molecular flexibility index (Phi) is 6.36. The van der Waals surface area contributed by atoms with Gasteiger partial charge in [-0.2, -0.15) is 0 Å². The van der Waals surface area contributed by atoms with Crippen LogP contribution in [0.25, 0.3) is 0 Å². The van der Waals surface area contributed by atoms with Crippen molar-refractivity contribution in [3.05, 3.63) is 57.5 Å². The predicted molar refractivity (Wildman–Crippen MR) is 90.3 cm³/mol. The minimum atomic E-state index is 0.544. The summed E-state index contributed by atoms with van der Waals surface area (Å²) in [6, 6.07) is 13.6. The first-order chi connectivity index (χ1) is 10.2. The smallest absolute Gasteiger partial charge is 0.121 e. The van der Waals surface area contributed by atoms with Gasteiger partial charge < -0.3 is 14.8 Å². The van der Waals surface area contributed by atoms with E-state index in [1.54, 1.807) is 7.11 Å². The van der Waals surface area contributed by atoms with Crippen molar-refractivity contribution in [2.75, 3.05) is 25.6 Å². The molecule has 112 valence electrons. The van der Waals surface area contributed by atoms with E-state index in [9.17, 15) is 0 Å². The lowest BCUT2D eigenvalue weighted by atomic mass is 10.2. The van der Waals surface area contributed by atoms with Crippen LogP contribution in [0.4, 0.5) is 5.69 Å². The van der Waals surface area contributed by atoms with Crippen molar-refractivity contribution in [1.82, 2.24) is 0 Å². The molecule has 0 spiro atoms. The number of nitrogens with one attached hydrogen (secondary N) is 1. The van der Waals surface area contributed by atoms with E-state index in [1.807, 2.05) is 42.5 Å². The molecule has 5 heteroatoms. The summed E-state index contributed by atoms with van der Waals surface area (Å²) in [4.78, 5) is 0. The van der Waals surface area contributed by atoms with E-state index < -0.39 is 0 Å². The van der Waals surface area contributed by atoms with Crippen LogP contribution in [-0.4, -0.2) is 20.3 Å². The Morgan fingerprint density at radius 3 is 2.76 bits per heavy atom. The van der Waals surface area contributed by atoms with Gasteiger partial charge >= 0.3 is 0 Å². The third kappa shape index (κ3) is 5.23. The van der Waals surface area contributed by atoms with Gasteiger partial charge in [-0.05, 0) is 29.8 Å². The highest BCUT2D eigenvalue weighted by Gasteiger charge is 2.02. The van der Waals surface area contributed by atoms with E-state index in [-0.39, 0.29) is 0 Å². The molecule has 0 aliphatic carbocycles. The SMILES string of the molecule is COCCOc1cccc(NCc2ccc(Cl)cc2Br)c1. The van der Waals surface area contributed by atoms with Crippen molar-refractivity contribution < 1.29 is 9.47 Å². The number of hydrogen-bond donors (Lipinski definition) is 1. The molecule has 2 aromatic rings. The molecular weight excluding hydrogens is 354 g/mol. The summed E-state index contributed by atoms with van der Waals surface area (Å²) >= 11 is 9.45. The predicted octanol–water partition coefficient (Wildman–Crippen LogP) is 4.74. The maximum absolute atomic E-state index is 5.94. The number of methoxy groups -OCH3 is 1. The minimum absolute atomic E-state index is 0.544. The molecule has 0 aliphatic rings. The zero-order valence-corrected chi connectivity index (χ0v) is 14.1. The van der Waals surface area contributed by atoms with Gasteiger partial charge in [0.15, 0.2) is 0 Å². The first-order valence-corrected chi connectivity index (χ1v) is 7.76. The maximum Gasteiger partial charge on any atom is 0.121 e. The summed E-state index contributed by atoms with van der Waals surface area (Å²) in [5, 5.41) is 4.09. The number of halogens is 2. The molecule has 0 aliphatic heterocycles. The van der Waals surface area contributed by atoms with E-state index in [0.717, 1.165) is 26.5 Å². The van der Waals surface area contributed by atoms with Crippen LogP contribution in [0.5, 0.6) is 5.75 Å². The maximum atomic E-state index is 5.94. The number of rotatable bonds is 7. The number of ether oxygens (including phenoxy) is 2. The molecule has 0 saturated carbocycles. The van der Waals surface area contributed by atoms with E-state index >= 15 is 0 Å². The van der Waals surface area contributed by atoms with Crippen molar-refractivity contribution in [1.29, 1.82) is 0 Å². The lowest BCUT2D eigenvalue weighted by Crippen LogP contribution is -2.05. The molecule has 2 aromatic carbocycles. The Hall–Kier alpha value is -1.23. The van der Waals surface area contributed by atoms with Gasteiger partial charge in [0.05, 0.1) is 6.61 Å². The molecule has 21 heavy (non-hydrogen) atoms. The summed E-state index contributed by atoms with van der Waals surface area (Å²) in [6.07, 6.45) is 0. The molecule has 1 N–H and O–H groups in total. The van der Waals surface area contributed by atoms with Gasteiger partial charge in [0.2, 0.25) is 0 Å². The first-order valence-electron chi connectivity index (χ1n) is 6.58. The van der Waals surface area contributed by atoms with Crippen LogP contribution in [-0.2, 0) is 11.3 Å². The lowest BCUT2D eigenvalue weighted by molar-refractivity contribution is 0.146.